The number of nitrogens with two attached hydrogens (primary N) is 1. The first kappa shape index (κ1) is 67.7. The first-order chi connectivity index (χ1) is 32.6. The van der Waals surface area contributed by atoms with E-state index in [1.807, 2.05) is 13.8 Å². The summed E-state index contributed by atoms with van der Waals surface area (Å²) in [6, 6.07) is -1.34. The van der Waals surface area contributed by atoms with E-state index < -0.39 is 113 Å². The third kappa shape index (κ3) is 24.2. The molecule has 72 heavy (non-hydrogen) atoms. The molecule has 0 saturated carbocycles. The van der Waals surface area contributed by atoms with Gasteiger partial charge in [0.1, 0.15) is 45.9 Å². The predicted octanol–water partition coefficient (Wildman–Crippen LogP) is 11.1. The lowest BCUT2D eigenvalue weighted by Gasteiger charge is -2.54. The number of nitrogens with zero attached hydrogens (tertiary/aromatic N) is 3. The van der Waals surface area contributed by atoms with Gasteiger partial charge in [-0.3, -0.25) is 14.7 Å². The number of carbonyl (C=O) groups is 6. The summed E-state index contributed by atoms with van der Waals surface area (Å²) in [4.78, 5) is 93.6. The number of unbranched alkanes of at least 4 members (excludes halogenated alkanes) is 3. The fraction of sp³-hybridized carbons (Fsp3) is 0.887. The number of carbonyl (C=O) groups excluding carboxylic acids is 6. The van der Waals surface area contributed by atoms with E-state index in [1.54, 1.807) is 138 Å². The maximum Gasteiger partial charge on any atom is 0.413 e. The van der Waals surface area contributed by atoms with Gasteiger partial charge in [0, 0.05) is 19.1 Å². The van der Waals surface area contributed by atoms with Gasteiger partial charge < -0.3 is 49.9 Å². The van der Waals surface area contributed by atoms with Crippen molar-refractivity contribution in [2.24, 2.45) is 11.7 Å². The molecule has 0 aromatic rings. The van der Waals surface area contributed by atoms with Crippen molar-refractivity contribution in [2.75, 3.05) is 13.2 Å². The first-order valence-electron chi connectivity index (χ1n) is 26.2. The van der Waals surface area contributed by atoms with Gasteiger partial charge in [-0.15, -0.1) is 0 Å². The highest BCUT2D eigenvalue weighted by molar-refractivity contribution is 5.89. The summed E-state index contributed by atoms with van der Waals surface area (Å²) in [5.41, 5.74) is -1.53. The Hall–Kier alpha value is -4.26. The van der Waals surface area contributed by atoms with E-state index >= 15 is 14.4 Å². The van der Waals surface area contributed by atoms with Crippen molar-refractivity contribution in [3.05, 3.63) is 0 Å². The van der Waals surface area contributed by atoms with Crippen molar-refractivity contribution in [3.8, 4) is 0 Å². The zero-order chi connectivity index (χ0) is 56.4. The molecule has 6 atom stereocenters. The Bertz CT molecular complexity index is 1700. The summed E-state index contributed by atoms with van der Waals surface area (Å²) in [5, 5.41) is 15.6. The Labute approximate surface area is 434 Å². The highest BCUT2D eigenvalue weighted by atomic mass is 16.6. The van der Waals surface area contributed by atoms with Gasteiger partial charge in [-0.05, 0) is 163 Å². The van der Waals surface area contributed by atoms with Crippen molar-refractivity contribution in [3.63, 3.8) is 0 Å². The van der Waals surface area contributed by atoms with Crippen LogP contribution in [-0.4, -0.2) is 133 Å². The average Bonchev–Trinajstić information content (AvgIpc) is 3.15. The summed E-state index contributed by atoms with van der Waals surface area (Å²) in [5.74, 6) is -2.17. The number of esters is 1. The fourth-order valence-corrected chi connectivity index (χ4v) is 8.16. The molecule has 6 unspecified atom stereocenters. The molecule has 422 valence electrons. The van der Waals surface area contributed by atoms with Crippen molar-refractivity contribution in [2.45, 2.75) is 287 Å². The quantitative estimate of drug-likeness (QED) is 0.0305. The summed E-state index contributed by atoms with van der Waals surface area (Å²) >= 11 is 0. The zero-order valence-electron chi connectivity index (χ0n) is 48.8. The summed E-state index contributed by atoms with van der Waals surface area (Å²) < 4.78 is 36.5. The average molecular weight is 1030 g/mol. The third-order valence-corrected chi connectivity index (χ3v) is 10.6. The molecule has 0 spiro atoms. The van der Waals surface area contributed by atoms with E-state index in [9.17, 15) is 19.5 Å². The molecule has 5 amide bonds. The molecule has 19 heteroatoms. The molecule has 0 fully saturated rings. The van der Waals surface area contributed by atoms with Gasteiger partial charge >= 0.3 is 36.4 Å². The van der Waals surface area contributed by atoms with Crippen LogP contribution >= 0.6 is 0 Å². The molecule has 0 heterocycles. The van der Waals surface area contributed by atoms with Gasteiger partial charge in [0.25, 0.3) is 0 Å². The maximum atomic E-state index is 16.2. The lowest BCUT2D eigenvalue weighted by molar-refractivity contribution is -0.181. The number of hydrogen-bond acceptors (Lipinski definition) is 14. The standard InChI is InChI=1S/C53H102N6O13/c1-23-31-38(54)59(46(66)72-52(20,21)22)53(41(61)67-47(5,6)7,37(25-3)55-42(62)68-48(8,9)10)36(33-29-27-28-30-34-60)35-57(44(64)70-50(14,15)16)40(32-24-2)58(45(65)71-51(17,18)19)39(26-4)56-43(63)69-49(11,12)13/h36-40,60H,23-35,54H2,1-22H3,(H,55,62)(H,56,63). The van der Waals surface area contributed by atoms with Gasteiger partial charge in [0.2, 0.25) is 0 Å². The number of hydrogen-bond donors (Lipinski definition) is 4. The Kier molecular flexibility index (Phi) is 26.7. The Morgan fingerprint density at radius 3 is 1.36 bits per heavy atom. The molecule has 0 radical (unpaired) electrons. The van der Waals surface area contributed by atoms with E-state index in [0.29, 0.717) is 38.5 Å². The van der Waals surface area contributed by atoms with E-state index in [2.05, 4.69) is 10.6 Å². The minimum Gasteiger partial charge on any atom is -0.458 e. The third-order valence-electron chi connectivity index (χ3n) is 10.6. The van der Waals surface area contributed by atoms with E-state index in [-0.39, 0.29) is 38.7 Å². The number of aliphatic hydroxyl groups is 1. The van der Waals surface area contributed by atoms with Crippen molar-refractivity contribution in [1.29, 1.82) is 0 Å². The van der Waals surface area contributed by atoms with E-state index in [0.717, 1.165) is 0 Å². The van der Waals surface area contributed by atoms with Crippen LogP contribution in [0.5, 0.6) is 0 Å². The van der Waals surface area contributed by atoms with Crippen LogP contribution in [0.2, 0.25) is 0 Å². The number of rotatable bonds is 24. The van der Waals surface area contributed by atoms with Gasteiger partial charge in [0.15, 0.2) is 5.54 Å². The van der Waals surface area contributed by atoms with Gasteiger partial charge in [0.05, 0.1) is 12.2 Å². The number of aliphatic hydroxyl groups excluding tert-OH is 1. The largest absolute Gasteiger partial charge is 0.458 e. The Balaban J connectivity index is 9.67. The van der Waals surface area contributed by atoms with E-state index in [1.165, 1.54) is 14.7 Å². The van der Waals surface area contributed by atoms with Gasteiger partial charge in [-0.25, -0.2) is 28.8 Å². The Morgan fingerprint density at radius 1 is 0.514 bits per heavy atom. The highest BCUT2D eigenvalue weighted by Gasteiger charge is 2.62. The minimum absolute atomic E-state index is 0.00970. The fourth-order valence-electron chi connectivity index (χ4n) is 8.16. The van der Waals surface area contributed by atoms with Crippen LogP contribution < -0.4 is 16.4 Å². The molecule has 0 bridgehead atoms. The van der Waals surface area contributed by atoms with Gasteiger partial charge in [-0.1, -0.05) is 59.8 Å². The van der Waals surface area contributed by atoms with Crippen LogP contribution in [-0.2, 0) is 33.2 Å². The molecule has 0 aliphatic carbocycles. The smallest absolute Gasteiger partial charge is 0.413 e. The second-order valence-electron chi connectivity index (χ2n) is 24.6. The van der Waals surface area contributed by atoms with Crippen LogP contribution in [0.15, 0.2) is 0 Å². The van der Waals surface area contributed by atoms with Crippen molar-refractivity contribution < 1.29 is 62.3 Å². The van der Waals surface area contributed by atoms with Crippen LogP contribution in [0.3, 0.4) is 0 Å². The normalized spacial score (nSPS) is 15.6. The maximum absolute atomic E-state index is 16.2. The van der Waals surface area contributed by atoms with Crippen molar-refractivity contribution in [1.82, 2.24) is 25.3 Å². The van der Waals surface area contributed by atoms with Gasteiger partial charge in [-0.2, -0.15) is 0 Å². The molecular formula is C53H102N6O13. The monoisotopic (exact) mass is 1030 g/mol. The first-order valence-corrected chi connectivity index (χ1v) is 26.2. The lowest BCUT2D eigenvalue weighted by atomic mass is 9.71. The van der Waals surface area contributed by atoms with E-state index in [4.69, 9.17) is 34.2 Å². The summed E-state index contributed by atoms with van der Waals surface area (Å²) in [6.07, 6.45) is -4.91. The molecular weight excluding hydrogens is 929 g/mol. The summed E-state index contributed by atoms with van der Waals surface area (Å²) in [7, 11) is 0. The SMILES string of the molecule is CCCC(N(CC(CCCCCCO)C(C(=O)OC(C)(C)C)(C(CC)NC(=O)OC(C)(C)C)N(C(=O)OC(C)(C)C)C(N)CCC)C(=O)OC(C)(C)C)N(C(=O)OC(C)(C)C)C(CC)NC(=O)OC(C)(C)C. The number of alkyl carbamates (subject to hydrolysis) is 2. The zero-order valence-corrected chi connectivity index (χ0v) is 48.8. The molecule has 0 aromatic heterocycles. The second-order valence-corrected chi connectivity index (χ2v) is 24.6. The summed E-state index contributed by atoms with van der Waals surface area (Å²) in [6.45, 7) is 37.2. The molecule has 0 aliphatic rings. The number of nitrogens with one attached hydrogen (secondary N) is 2. The van der Waals surface area contributed by atoms with Crippen LogP contribution in [0.4, 0.5) is 24.0 Å². The minimum atomic E-state index is -2.32. The van der Waals surface area contributed by atoms with Crippen LogP contribution in [0.1, 0.15) is 223 Å². The number of amides is 5. The Morgan fingerprint density at radius 2 is 0.944 bits per heavy atom. The second kappa shape index (κ2) is 28.4. The molecule has 0 aliphatic heterocycles. The van der Waals surface area contributed by atoms with Crippen LogP contribution in [0, 0.1) is 5.92 Å². The molecule has 0 aromatic carbocycles. The topological polar surface area (TPSA) is 238 Å². The van der Waals surface area contributed by atoms with Crippen molar-refractivity contribution >= 4 is 36.4 Å². The predicted molar refractivity (Wildman–Crippen MR) is 280 cm³/mol. The van der Waals surface area contributed by atoms with Crippen LogP contribution in [0.25, 0.3) is 0 Å². The molecule has 0 rings (SSSR count). The molecule has 19 nitrogen and oxygen atoms in total. The molecule has 5 N–H and O–H groups in total. The highest BCUT2D eigenvalue weighted by Crippen LogP contribution is 2.42. The lowest BCUT2D eigenvalue weighted by Crippen LogP contribution is -2.76. The number of ether oxygens (including phenoxy) is 6. The molecule has 0 saturated heterocycles.